The molecule has 1 heteroatoms. The van der Waals surface area contributed by atoms with E-state index in [1.165, 1.54) is 98.7 Å². The maximum Gasteiger partial charge on any atom is 0.0546 e. The predicted molar refractivity (Wildman–Crippen MR) is 278 cm³/mol. The van der Waals surface area contributed by atoms with E-state index < -0.39 is 0 Å². The average molecular weight is 826 g/mol. The lowest BCUT2D eigenvalue weighted by Crippen LogP contribution is -2.12. The molecule has 65 heavy (non-hydrogen) atoms. The Balaban J connectivity index is 1.08. The molecule has 12 aromatic carbocycles. The molecule has 12 rings (SSSR count). The molecule has 0 aliphatic carbocycles. The number of fused-ring (bicyclic) bond motifs is 6. The molecule has 0 N–H and O–H groups in total. The van der Waals surface area contributed by atoms with Crippen LogP contribution in [-0.4, -0.2) is 0 Å². The minimum Gasteiger partial charge on any atom is -0.310 e. The van der Waals surface area contributed by atoms with Crippen LogP contribution in [-0.2, 0) is 0 Å². The van der Waals surface area contributed by atoms with Gasteiger partial charge in [0.1, 0.15) is 0 Å². The molecular formula is C64H43N. The summed E-state index contributed by atoms with van der Waals surface area (Å²) < 4.78 is 0. The van der Waals surface area contributed by atoms with Crippen LogP contribution >= 0.6 is 0 Å². The second-order valence-corrected chi connectivity index (χ2v) is 16.8. The molecule has 0 amide bonds. The first-order valence-electron chi connectivity index (χ1n) is 22.4. The van der Waals surface area contributed by atoms with Crippen LogP contribution in [0.5, 0.6) is 0 Å². The van der Waals surface area contributed by atoms with Crippen LogP contribution < -0.4 is 4.90 Å². The Bertz CT molecular complexity index is 3520. The largest absolute Gasteiger partial charge is 0.310 e. The zero-order chi connectivity index (χ0) is 43.1. The number of hydrogen-bond acceptors (Lipinski definition) is 1. The molecule has 0 saturated heterocycles. The summed E-state index contributed by atoms with van der Waals surface area (Å²) in [6.07, 6.45) is 0. The van der Waals surface area contributed by atoms with Crippen LogP contribution in [0.4, 0.5) is 17.1 Å². The molecule has 0 atom stereocenters. The normalized spacial score (nSPS) is 11.4. The van der Waals surface area contributed by atoms with Crippen LogP contribution in [0.2, 0.25) is 0 Å². The topological polar surface area (TPSA) is 3.24 Å². The van der Waals surface area contributed by atoms with Crippen molar-refractivity contribution in [1.29, 1.82) is 0 Å². The Morgan fingerprint density at radius 1 is 0.215 bits per heavy atom. The standard InChI is InChI=1S/C64H43N/c1-3-18-44(19-4-1)52-24-11-16-31-60(52)64-55(45-20-5-2-6-21-45)32-17-33-63(64)65(50-38-34-46(35-39-50)61-42-48-22-7-9-25-53(48)56-27-12-14-29-58(56)61)51-40-36-47(37-41-51)62-43-49-23-8-10-26-54(49)57-28-13-15-30-59(57)62/h1-43H. The summed E-state index contributed by atoms with van der Waals surface area (Å²) in [4.78, 5) is 2.45. The van der Waals surface area contributed by atoms with Gasteiger partial charge in [-0.15, -0.1) is 0 Å². The average Bonchev–Trinajstić information content (AvgIpc) is 3.39. The fourth-order valence-electron chi connectivity index (χ4n) is 10.0. The van der Waals surface area contributed by atoms with Crippen LogP contribution in [0, 0.1) is 0 Å². The maximum absolute atomic E-state index is 2.45. The minimum atomic E-state index is 1.08. The van der Waals surface area contributed by atoms with Crippen molar-refractivity contribution in [2.75, 3.05) is 4.90 Å². The molecule has 0 unspecified atom stereocenters. The quantitative estimate of drug-likeness (QED) is 0.138. The number of nitrogens with zero attached hydrogens (tertiary/aromatic N) is 1. The van der Waals surface area contributed by atoms with Crippen molar-refractivity contribution in [3.63, 3.8) is 0 Å². The number of rotatable bonds is 8. The van der Waals surface area contributed by atoms with Gasteiger partial charge in [-0.2, -0.15) is 0 Å². The third-order valence-electron chi connectivity index (χ3n) is 13.1. The van der Waals surface area contributed by atoms with Gasteiger partial charge in [-0.3, -0.25) is 0 Å². The van der Waals surface area contributed by atoms with Gasteiger partial charge in [0.25, 0.3) is 0 Å². The second-order valence-electron chi connectivity index (χ2n) is 16.8. The molecule has 0 fully saturated rings. The molecule has 0 aliphatic heterocycles. The number of benzene rings is 12. The number of anilines is 3. The van der Waals surface area contributed by atoms with E-state index in [9.17, 15) is 0 Å². The highest BCUT2D eigenvalue weighted by Crippen LogP contribution is 2.49. The lowest BCUT2D eigenvalue weighted by molar-refractivity contribution is 1.28. The van der Waals surface area contributed by atoms with Gasteiger partial charge < -0.3 is 4.90 Å². The summed E-state index contributed by atoms with van der Waals surface area (Å²) in [6, 6.07) is 95.3. The van der Waals surface area contributed by atoms with Crippen LogP contribution in [0.3, 0.4) is 0 Å². The first-order chi connectivity index (χ1) is 32.3. The molecule has 0 heterocycles. The molecule has 304 valence electrons. The van der Waals surface area contributed by atoms with Gasteiger partial charge in [-0.05, 0) is 136 Å². The lowest BCUT2D eigenvalue weighted by atomic mass is 9.87. The monoisotopic (exact) mass is 825 g/mol. The third kappa shape index (κ3) is 6.82. The SMILES string of the molecule is c1ccc(-c2ccccc2-c2c(-c3ccccc3)cccc2N(c2ccc(-c3cc4ccccc4c4ccccc34)cc2)c2ccc(-c3cc4ccccc4c4ccccc34)cc2)cc1. The van der Waals surface area contributed by atoms with Gasteiger partial charge in [0.05, 0.1) is 5.69 Å². The Kier molecular flexibility index (Phi) is 9.58. The van der Waals surface area contributed by atoms with Crippen LogP contribution in [0.25, 0.3) is 98.7 Å². The van der Waals surface area contributed by atoms with Gasteiger partial charge >= 0.3 is 0 Å². The van der Waals surface area contributed by atoms with E-state index in [1.54, 1.807) is 0 Å². The summed E-state index contributed by atoms with van der Waals surface area (Å²) >= 11 is 0. The highest BCUT2D eigenvalue weighted by molar-refractivity contribution is 6.15. The fourth-order valence-corrected chi connectivity index (χ4v) is 10.0. The fraction of sp³-hybridized carbons (Fsp3) is 0. The van der Waals surface area contributed by atoms with E-state index in [0.717, 1.165) is 17.1 Å². The highest BCUT2D eigenvalue weighted by Gasteiger charge is 2.23. The van der Waals surface area contributed by atoms with E-state index >= 15 is 0 Å². The van der Waals surface area contributed by atoms with E-state index in [0.29, 0.717) is 0 Å². The van der Waals surface area contributed by atoms with E-state index in [4.69, 9.17) is 0 Å². The van der Waals surface area contributed by atoms with Crippen molar-refractivity contribution < 1.29 is 0 Å². The van der Waals surface area contributed by atoms with E-state index in [2.05, 4.69) is 266 Å². The molecule has 0 aromatic heterocycles. The first kappa shape index (κ1) is 38.2. The predicted octanol–water partition coefficient (Wildman–Crippen LogP) is 18.1. The summed E-state index contributed by atoms with van der Waals surface area (Å²) in [6.45, 7) is 0. The van der Waals surface area contributed by atoms with Gasteiger partial charge in [-0.1, -0.05) is 218 Å². The summed E-state index contributed by atoms with van der Waals surface area (Å²) in [7, 11) is 0. The van der Waals surface area contributed by atoms with Crippen molar-refractivity contribution in [2.24, 2.45) is 0 Å². The molecule has 12 aromatic rings. The molecule has 1 nitrogen and oxygen atoms in total. The molecule has 0 radical (unpaired) electrons. The third-order valence-corrected chi connectivity index (χ3v) is 13.1. The Morgan fingerprint density at radius 3 is 1.09 bits per heavy atom. The molecule has 0 saturated carbocycles. The van der Waals surface area contributed by atoms with Gasteiger partial charge in [-0.25, -0.2) is 0 Å². The maximum atomic E-state index is 2.45. The molecular weight excluding hydrogens is 783 g/mol. The lowest BCUT2D eigenvalue weighted by Gasteiger charge is -2.30. The van der Waals surface area contributed by atoms with E-state index in [-0.39, 0.29) is 0 Å². The summed E-state index contributed by atoms with van der Waals surface area (Å²) in [5, 5.41) is 10.1. The first-order valence-corrected chi connectivity index (χ1v) is 22.4. The van der Waals surface area contributed by atoms with Crippen LogP contribution in [0.1, 0.15) is 0 Å². The van der Waals surface area contributed by atoms with Crippen molar-refractivity contribution in [2.45, 2.75) is 0 Å². The minimum absolute atomic E-state index is 1.08. The molecule has 0 bridgehead atoms. The Hall–Kier alpha value is -8.52. The zero-order valence-electron chi connectivity index (χ0n) is 35.8. The smallest absolute Gasteiger partial charge is 0.0546 e. The summed E-state index contributed by atoms with van der Waals surface area (Å²) in [5.74, 6) is 0. The van der Waals surface area contributed by atoms with Crippen molar-refractivity contribution >= 4 is 60.2 Å². The Labute approximate surface area is 379 Å². The highest BCUT2D eigenvalue weighted by atomic mass is 15.1. The Morgan fingerprint density at radius 2 is 0.585 bits per heavy atom. The number of hydrogen-bond donors (Lipinski definition) is 0. The molecule has 0 spiro atoms. The van der Waals surface area contributed by atoms with Crippen molar-refractivity contribution in [3.8, 4) is 55.6 Å². The van der Waals surface area contributed by atoms with Crippen molar-refractivity contribution in [1.82, 2.24) is 0 Å². The zero-order valence-corrected chi connectivity index (χ0v) is 35.8. The van der Waals surface area contributed by atoms with Gasteiger partial charge in [0, 0.05) is 16.9 Å². The van der Waals surface area contributed by atoms with Crippen LogP contribution in [0.15, 0.2) is 261 Å². The van der Waals surface area contributed by atoms with Crippen molar-refractivity contribution in [3.05, 3.63) is 261 Å². The van der Waals surface area contributed by atoms with E-state index in [1.807, 2.05) is 0 Å². The second kappa shape index (κ2) is 16.3. The molecule has 0 aliphatic rings. The van der Waals surface area contributed by atoms with Gasteiger partial charge in [0.2, 0.25) is 0 Å². The van der Waals surface area contributed by atoms with Gasteiger partial charge in [0.15, 0.2) is 0 Å². The summed E-state index contributed by atoms with van der Waals surface area (Å²) in [5.41, 5.74) is 15.1.